The van der Waals surface area contributed by atoms with Crippen LogP contribution in [-0.2, 0) is 9.59 Å². The summed E-state index contributed by atoms with van der Waals surface area (Å²) in [4.78, 5) is 19.9. The summed E-state index contributed by atoms with van der Waals surface area (Å²) in [6, 6.07) is 3.25. The average Bonchev–Trinajstić information content (AvgIpc) is 2.19. The van der Waals surface area contributed by atoms with Crippen molar-refractivity contribution in [2.75, 3.05) is 0 Å². The first kappa shape index (κ1) is 14.4. The Morgan fingerprint density at radius 3 is 1.36 bits per heavy atom. The molecule has 0 aliphatic carbocycles. The van der Waals surface area contributed by atoms with Crippen molar-refractivity contribution in [3.63, 3.8) is 0 Å². The molecular formula is C6H10N6O2. The van der Waals surface area contributed by atoms with E-state index < -0.39 is 11.8 Å². The Morgan fingerprint density at radius 1 is 1.00 bits per heavy atom. The predicted octanol–water partition coefficient (Wildman–Crippen LogP) is -2.22. The summed E-state index contributed by atoms with van der Waals surface area (Å²) < 4.78 is 0. The van der Waals surface area contributed by atoms with Crippen molar-refractivity contribution >= 4 is 11.8 Å². The number of carbonyl (C=O) groups is 2. The maximum absolute atomic E-state index is 9.95. The molecule has 0 aliphatic heterocycles. The quantitative estimate of drug-likeness (QED) is 0.223. The van der Waals surface area contributed by atoms with Gasteiger partial charge in [0.25, 0.3) is 0 Å². The van der Waals surface area contributed by atoms with Gasteiger partial charge in [0.1, 0.15) is 12.8 Å². The molecular weight excluding hydrogens is 188 g/mol. The molecule has 8 heteroatoms. The number of nitrogens with one attached hydrogen (secondary N) is 2. The van der Waals surface area contributed by atoms with Crippen LogP contribution in [0.25, 0.3) is 0 Å². The highest BCUT2D eigenvalue weighted by molar-refractivity contribution is 5.77. The number of hydrazine groups is 2. The number of hydrogen-bond donors (Lipinski definition) is 4. The van der Waals surface area contributed by atoms with Gasteiger partial charge in [-0.1, -0.05) is 0 Å². The molecule has 2 amide bonds. The number of nitrogens with zero attached hydrogens (tertiary/aromatic N) is 2. The van der Waals surface area contributed by atoms with Gasteiger partial charge in [0.05, 0.1) is 12.1 Å². The summed E-state index contributed by atoms with van der Waals surface area (Å²) in [7, 11) is 0. The first-order valence-corrected chi connectivity index (χ1v) is 3.35. The molecule has 14 heavy (non-hydrogen) atoms. The minimum atomic E-state index is -0.456. The van der Waals surface area contributed by atoms with E-state index in [-0.39, 0.29) is 12.8 Å². The molecule has 0 aromatic rings. The van der Waals surface area contributed by atoms with E-state index in [1.165, 1.54) is 0 Å². The zero-order valence-electron chi connectivity index (χ0n) is 7.28. The van der Waals surface area contributed by atoms with Gasteiger partial charge in [0.15, 0.2) is 0 Å². The van der Waals surface area contributed by atoms with Crippen LogP contribution < -0.4 is 22.5 Å². The maximum Gasteiger partial charge on any atom is 0.248 e. The van der Waals surface area contributed by atoms with E-state index in [1.807, 2.05) is 0 Å². The van der Waals surface area contributed by atoms with Crippen LogP contribution in [-0.4, -0.2) is 11.8 Å². The Morgan fingerprint density at radius 2 is 1.29 bits per heavy atom. The molecule has 0 unspecified atom stereocenters. The molecule has 0 atom stereocenters. The second kappa shape index (κ2) is 10.8. The normalized spacial score (nSPS) is 6.86. The molecule has 0 aromatic carbocycles. The van der Waals surface area contributed by atoms with Gasteiger partial charge < -0.3 is 0 Å². The van der Waals surface area contributed by atoms with E-state index in [2.05, 4.69) is 11.7 Å². The van der Waals surface area contributed by atoms with Gasteiger partial charge in [-0.05, 0) is 0 Å². The molecule has 0 fully saturated rings. The van der Waals surface area contributed by atoms with Crippen LogP contribution in [0.15, 0.2) is 0 Å². The fraction of sp³-hybridized carbons (Fsp3) is 0.333. The van der Waals surface area contributed by atoms with Crippen molar-refractivity contribution < 1.29 is 9.59 Å². The van der Waals surface area contributed by atoms with Crippen molar-refractivity contribution in [2.24, 2.45) is 11.7 Å². The van der Waals surface area contributed by atoms with Gasteiger partial charge in [0.2, 0.25) is 11.8 Å². The van der Waals surface area contributed by atoms with Gasteiger partial charge in [-0.2, -0.15) is 10.5 Å². The fourth-order valence-electron chi connectivity index (χ4n) is 0.246. The van der Waals surface area contributed by atoms with Crippen LogP contribution in [0.2, 0.25) is 0 Å². The van der Waals surface area contributed by atoms with E-state index in [1.54, 1.807) is 23.0 Å². The van der Waals surface area contributed by atoms with Crippen molar-refractivity contribution in [3.05, 3.63) is 0 Å². The lowest BCUT2D eigenvalue weighted by Crippen LogP contribution is -2.29. The molecule has 76 valence electrons. The topological polar surface area (TPSA) is 158 Å². The van der Waals surface area contributed by atoms with Crippen molar-refractivity contribution in [1.82, 2.24) is 10.9 Å². The Labute approximate surface area is 80.4 Å². The standard InChI is InChI=1S/2C3H5N3O/c2*4-2-1-3(7)6-5/h2*1,5H2,(H,6,7). The lowest BCUT2D eigenvalue weighted by Gasteiger charge is -1.85. The number of nitrogens with two attached hydrogens (primary N) is 2. The molecule has 0 heterocycles. The van der Waals surface area contributed by atoms with Crippen molar-refractivity contribution in [2.45, 2.75) is 12.8 Å². The minimum absolute atomic E-state index is 0.170. The number of amides is 2. The second-order valence-corrected chi connectivity index (χ2v) is 1.80. The maximum atomic E-state index is 9.95. The molecule has 0 rings (SSSR count). The summed E-state index contributed by atoms with van der Waals surface area (Å²) in [5.41, 5.74) is 3.61. The van der Waals surface area contributed by atoms with Gasteiger partial charge in [-0.15, -0.1) is 0 Å². The fourth-order valence-corrected chi connectivity index (χ4v) is 0.246. The summed E-state index contributed by atoms with van der Waals surface area (Å²) in [5.74, 6) is 8.30. The third-order valence-corrected chi connectivity index (χ3v) is 0.801. The van der Waals surface area contributed by atoms with E-state index in [0.717, 1.165) is 0 Å². The summed E-state index contributed by atoms with van der Waals surface area (Å²) in [6.07, 6.45) is -0.340. The predicted molar refractivity (Wildman–Crippen MR) is 45.1 cm³/mol. The lowest BCUT2D eigenvalue weighted by atomic mass is 10.5. The average molecular weight is 198 g/mol. The number of carbonyl (C=O) groups excluding carboxylic acids is 2. The van der Waals surface area contributed by atoms with Gasteiger partial charge >= 0.3 is 0 Å². The Kier molecular flexibility index (Phi) is 11.1. The number of hydrogen-bond acceptors (Lipinski definition) is 6. The highest BCUT2D eigenvalue weighted by Crippen LogP contribution is 1.68. The molecule has 0 saturated heterocycles. The van der Waals surface area contributed by atoms with Crippen LogP contribution in [0.3, 0.4) is 0 Å². The number of rotatable bonds is 2. The zero-order chi connectivity index (χ0) is 11.4. The van der Waals surface area contributed by atoms with Crippen molar-refractivity contribution in [3.8, 4) is 12.1 Å². The van der Waals surface area contributed by atoms with E-state index >= 15 is 0 Å². The summed E-state index contributed by atoms with van der Waals surface area (Å²) in [6.45, 7) is 0. The summed E-state index contributed by atoms with van der Waals surface area (Å²) >= 11 is 0. The first-order valence-electron chi connectivity index (χ1n) is 3.35. The Balaban J connectivity index is 0. The highest BCUT2D eigenvalue weighted by Gasteiger charge is 1.91. The van der Waals surface area contributed by atoms with Gasteiger partial charge in [-0.25, -0.2) is 11.7 Å². The lowest BCUT2D eigenvalue weighted by molar-refractivity contribution is -0.121. The monoisotopic (exact) mass is 198 g/mol. The third-order valence-electron chi connectivity index (χ3n) is 0.801. The molecule has 0 aromatic heterocycles. The van der Waals surface area contributed by atoms with Crippen LogP contribution in [0, 0.1) is 22.7 Å². The Hall–Kier alpha value is -2.16. The van der Waals surface area contributed by atoms with Crippen LogP contribution >= 0.6 is 0 Å². The SMILES string of the molecule is N#CCC(=O)NN.N#CCC(=O)NN. The minimum Gasteiger partial charge on any atom is -0.293 e. The van der Waals surface area contributed by atoms with E-state index in [9.17, 15) is 9.59 Å². The molecule has 0 aliphatic rings. The number of nitriles is 2. The zero-order valence-corrected chi connectivity index (χ0v) is 7.28. The van der Waals surface area contributed by atoms with Crippen molar-refractivity contribution in [1.29, 1.82) is 10.5 Å². The molecule has 0 radical (unpaired) electrons. The highest BCUT2D eigenvalue weighted by atomic mass is 16.2. The molecule has 6 N–H and O–H groups in total. The van der Waals surface area contributed by atoms with E-state index in [0.29, 0.717) is 0 Å². The molecule has 0 saturated carbocycles. The first-order chi connectivity index (χ1) is 6.62. The van der Waals surface area contributed by atoms with Crippen LogP contribution in [0.5, 0.6) is 0 Å². The largest absolute Gasteiger partial charge is 0.293 e. The third kappa shape index (κ3) is 12.5. The van der Waals surface area contributed by atoms with Gasteiger partial charge in [0, 0.05) is 0 Å². The molecule has 0 bridgehead atoms. The van der Waals surface area contributed by atoms with Crippen LogP contribution in [0.4, 0.5) is 0 Å². The molecule has 8 nitrogen and oxygen atoms in total. The summed E-state index contributed by atoms with van der Waals surface area (Å²) in [5, 5.41) is 15.6. The molecule has 0 spiro atoms. The second-order valence-electron chi connectivity index (χ2n) is 1.80. The van der Waals surface area contributed by atoms with Gasteiger partial charge in [-0.3, -0.25) is 20.4 Å². The smallest absolute Gasteiger partial charge is 0.248 e. The Bertz CT molecular complexity index is 234. The van der Waals surface area contributed by atoms with Crippen LogP contribution in [0.1, 0.15) is 12.8 Å². The van der Waals surface area contributed by atoms with E-state index in [4.69, 9.17) is 10.5 Å².